The van der Waals surface area contributed by atoms with Crippen molar-refractivity contribution in [3.63, 3.8) is 0 Å². The number of hydrogen-bond acceptors (Lipinski definition) is 3. The normalized spacial score (nSPS) is 11.3. The molecule has 2 N–H and O–H groups in total. The Balaban J connectivity index is 2.69. The Morgan fingerprint density at radius 2 is 1.77 bits per heavy atom. The van der Waals surface area contributed by atoms with Gasteiger partial charge in [0.05, 0.1) is 0 Å². The van der Waals surface area contributed by atoms with E-state index in [1.165, 1.54) is 0 Å². The van der Waals surface area contributed by atoms with Crippen molar-refractivity contribution >= 4 is 0 Å². The van der Waals surface area contributed by atoms with Crippen LogP contribution in [0, 0.1) is 0 Å². The molecule has 1 aromatic carbocycles. The Labute approximate surface area is 78.3 Å². The molecule has 0 saturated carbocycles. The maximum Gasteiger partial charge on any atom is 0.155 e. The van der Waals surface area contributed by atoms with Crippen LogP contribution in [0.15, 0.2) is 24.3 Å². The average molecular weight is 181 g/mol. The molecule has 0 unspecified atom stereocenters. The highest BCUT2D eigenvalue weighted by molar-refractivity contribution is 5.30. The van der Waals surface area contributed by atoms with Crippen LogP contribution in [0.5, 0.6) is 11.5 Å². The van der Waals surface area contributed by atoms with E-state index in [-0.39, 0.29) is 5.75 Å². The predicted molar refractivity (Wildman–Crippen MR) is 51.9 cm³/mol. The Hall–Kier alpha value is -1.22. The minimum Gasteiger partial charge on any atom is -0.508 e. The molecular weight excluding hydrogens is 166 g/mol. The zero-order chi connectivity index (χ0) is 9.90. The summed E-state index contributed by atoms with van der Waals surface area (Å²) in [6, 6.07) is 6.66. The van der Waals surface area contributed by atoms with Gasteiger partial charge in [0.1, 0.15) is 11.5 Å². The van der Waals surface area contributed by atoms with Crippen LogP contribution in [0.2, 0.25) is 0 Å². The number of hydrogen-bond donors (Lipinski definition) is 2. The van der Waals surface area contributed by atoms with Crippen molar-refractivity contribution < 1.29 is 9.84 Å². The first-order valence-corrected chi connectivity index (χ1v) is 4.20. The summed E-state index contributed by atoms with van der Waals surface area (Å²) in [6.07, 6.45) is 0. The van der Waals surface area contributed by atoms with Gasteiger partial charge in [0, 0.05) is 0 Å². The van der Waals surface area contributed by atoms with E-state index in [2.05, 4.69) is 5.32 Å². The number of benzene rings is 1. The quantitative estimate of drug-likeness (QED) is 0.698. The van der Waals surface area contributed by atoms with E-state index in [0.29, 0.717) is 0 Å². The van der Waals surface area contributed by atoms with Crippen LogP contribution in [-0.2, 0) is 0 Å². The molecule has 0 aliphatic carbocycles. The first-order chi connectivity index (χ1) is 6.03. The van der Waals surface area contributed by atoms with Gasteiger partial charge in [-0.05, 0) is 45.2 Å². The van der Waals surface area contributed by atoms with Crippen LogP contribution < -0.4 is 10.1 Å². The minimum atomic E-state index is -0.392. The van der Waals surface area contributed by atoms with Crippen molar-refractivity contribution in [3.05, 3.63) is 24.3 Å². The smallest absolute Gasteiger partial charge is 0.155 e. The van der Waals surface area contributed by atoms with Crippen LogP contribution in [-0.4, -0.2) is 17.9 Å². The lowest BCUT2D eigenvalue weighted by Crippen LogP contribution is -2.42. The van der Waals surface area contributed by atoms with Crippen LogP contribution in [0.3, 0.4) is 0 Å². The molecule has 13 heavy (non-hydrogen) atoms. The number of aromatic hydroxyl groups is 1. The molecule has 0 saturated heterocycles. The summed E-state index contributed by atoms with van der Waals surface area (Å²) in [4.78, 5) is 0. The molecule has 0 spiro atoms. The van der Waals surface area contributed by atoms with Crippen molar-refractivity contribution in [1.82, 2.24) is 5.32 Å². The minimum absolute atomic E-state index is 0.245. The van der Waals surface area contributed by atoms with Gasteiger partial charge in [0.25, 0.3) is 0 Å². The Morgan fingerprint density at radius 3 is 2.23 bits per heavy atom. The van der Waals surface area contributed by atoms with Gasteiger partial charge in [-0.15, -0.1) is 0 Å². The van der Waals surface area contributed by atoms with Gasteiger partial charge in [-0.3, -0.25) is 5.32 Å². The fourth-order valence-corrected chi connectivity index (χ4v) is 0.860. The number of ether oxygens (including phenoxy) is 1. The number of rotatable bonds is 3. The van der Waals surface area contributed by atoms with E-state index in [1.54, 1.807) is 24.3 Å². The highest BCUT2D eigenvalue weighted by Gasteiger charge is 2.15. The van der Waals surface area contributed by atoms with Crippen molar-refractivity contribution in [2.75, 3.05) is 7.05 Å². The van der Waals surface area contributed by atoms with Crippen LogP contribution in [0.4, 0.5) is 0 Å². The molecule has 0 amide bonds. The van der Waals surface area contributed by atoms with Gasteiger partial charge < -0.3 is 9.84 Å². The van der Waals surface area contributed by atoms with Crippen LogP contribution in [0.25, 0.3) is 0 Å². The second-order valence-corrected chi connectivity index (χ2v) is 3.36. The van der Waals surface area contributed by atoms with E-state index < -0.39 is 5.72 Å². The maximum absolute atomic E-state index is 9.04. The molecule has 3 heteroatoms. The molecule has 0 bridgehead atoms. The molecular formula is C10H15NO2. The largest absolute Gasteiger partial charge is 0.508 e. The van der Waals surface area contributed by atoms with Crippen molar-refractivity contribution in [2.24, 2.45) is 0 Å². The molecule has 0 aromatic heterocycles. The lowest BCUT2D eigenvalue weighted by Gasteiger charge is -2.25. The Morgan fingerprint density at radius 1 is 1.23 bits per heavy atom. The molecule has 1 rings (SSSR count). The summed E-state index contributed by atoms with van der Waals surface area (Å²) >= 11 is 0. The Bertz CT molecular complexity index is 267. The van der Waals surface area contributed by atoms with Gasteiger partial charge in [-0.1, -0.05) is 0 Å². The standard InChI is InChI=1S/C10H15NO2/c1-10(2,11-3)13-9-6-4-8(12)5-7-9/h4-7,11-12H,1-3H3. The maximum atomic E-state index is 9.04. The van der Waals surface area contributed by atoms with Gasteiger partial charge in [-0.25, -0.2) is 0 Å². The summed E-state index contributed by atoms with van der Waals surface area (Å²) < 4.78 is 5.58. The molecule has 72 valence electrons. The van der Waals surface area contributed by atoms with Gasteiger partial charge in [0.15, 0.2) is 5.72 Å². The van der Waals surface area contributed by atoms with E-state index in [4.69, 9.17) is 9.84 Å². The molecule has 0 aliphatic heterocycles. The summed E-state index contributed by atoms with van der Waals surface area (Å²) in [7, 11) is 1.83. The lowest BCUT2D eigenvalue weighted by atomic mass is 10.3. The fourth-order valence-electron chi connectivity index (χ4n) is 0.860. The average Bonchev–Trinajstić information content (AvgIpc) is 2.09. The first-order valence-electron chi connectivity index (χ1n) is 4.20. The molecule has 0 heterocycles. The Kier molecular flexibility index (Phi) is 2.78. The third-order valence-electron chi connectivity index (χ3n) is 1.81. The number of phenolic OH excluding ortho intramolecular Hbond substituents is 1. The summed E-state index contributed by atoms with van der Waals surface area (Å²) in [5.41, 5.74) is -0.392. The summed E-state index contributed by atoms with van der Waals surface area (Å²) in [6.45, 7) is 3.86. The first kappa shape index (κ1) is 9.86. The highest BCUT2D eigenvalue weighted by atomic mass is 16.5. The highest BCUT2D eigenvalue weighted by Crippen LogP contribution is 2.19. The molecule has 3 nitrogen and oxygen atoms in total. The number of nitrogens with one attached hydrogen (secondary N) is 1. The monoisotopic (exact) mass is 181 g/mol. The topological polar surface area (TPSA) is 41.5 Å². The fraction of sp³-hybridized carbons (Fsp3) is 0.400. The van der Waals surface area contributed by atoms with E-state index in [1.807, 2.05) is 20.9 Å². The lowest BCUT2D eigenvalue weighted by molar-refractivity contribution is 0.0804. The molecule has 0 fully saturated rings. The zero-order valence-corrected chi connectivity index (χ0v) is 8.16. The predicted octanol–water partition coefficient (Wildman–Crippen LogP) is 1.73. The number of phenols is 1. The third kappa shape index (κ3) is 2.95. The third-order valence-corrected chi connectivity index (χ3v) is 1.81. The van der Waals surface area contributed by atoms with E-state index in [0.717, 1.165) is 5.75 Å². The van der Waals surface area contributed by atoms with Crippen molar-refractivity contribution in [2.45, 2.75) is 19.6 Å². The van der Waals surface area contributed by atoms with Crippen molar-refractivity contribution in [3.8, 4) is 11.5 Å². The van der Waals surface area contributed by atoms with Crippen LogP contribution in [0.1, 0.15) is 13.8 Å². The summed E-state index contributed by atoms with van der Waals surface area (Å²) in [5, 5.41) is 12.1. The summed E-state index contributed by atoms with van der Waals surface area (Å²) in [5.74, 6) is 0.978. The van der Waals surface area contributed by atoms with Crippen LogP contribution >= 0.6 is 0 Å². The van der Waals surface area contributed by atoms with Gasteiger partial charge in [0.2, 0.25) is 0 Å². The molecule has 1 aromatic rings. The SMILES string of the molecule is CNC(C)(C)Oc1ccc(O)cc1. The second kappa shape index (κ2) is 3.66. The van der Waals surface area contributed by atoms with E-state index in [9.17, 15) is 0 Å². The van der Waals surface area contributed by atoms with Gasteiger partial charge in [-0.2, -0.15) is 0 Å². The van der Waals surface area contributed by atoms with E-state index >= 15 is 0 Å². The second-order valence-electron chi connectivity index (χ2n) is 3.36. The molecule has 0 aliphatic rings. The molecule has 0 radical (unpaired) electrons. The van der Waals surface area contributed by atoms with Gasteiger partial charge >= 0.3 is 0 Å². The van der Waals surface area contributed by atoms with Crippen molar-refractivity contribution in [1.29, 1.82) is 0 Å². The molecule has 0 atom stereocenters. The zero-order valence-electron chi connectivity index (χ0n) is 8.16.